The molecule has 35 heavy (non-hydrogen) atoms. The molecule has 1 aromatic heterocycles. The zero-order chi connectivity index (χ0) is 24.9. The van der Waals surface area contributed by atoms with Crippen LogP contribution in [-0.2, 0) is 16.1 Å². The van der Waals surface area contributed by atoms with Crippen molar-refractivity contribution in [3.8, 4) is 5.75 Å². The summed E-state index contributed by atoms with van der Waals surface area (Å²) in [6, 6.07) is 13.8. The first kappa shape index (κ1) is 24.8. The third kappa shape index (κ3) is 5.49. The number of methoxy groups -OCH3 is 1. The number of rotatable bonds is 7. The number of aromatic nitrogens is 1. The molecule has 3 aromatic rings. The second-order valence-corrected chi connectivity index (χ2v) is 8.80. The van der Waals surface area contributed by atoms with Gasteiger partial charge >= 0.3 is 5.97 Å². The quantitative estimate of drug-likeness (QED) is 0.452. The number of piperazine rings is 1. The zero-order valence-electron chi connectivity index (χ0n) is 20.0. The van der Waals surface area contributed by atoms with Gasteiger partial charge < -0.3 is 18.9 Å². The third-order valence-electron chi connectivity index (χ3n) is 6.24. The molecule has 1 unspecified atom stereocenters. The van der Waals surface area contributed by atoms with E-state index in [9.17, 15) is 9.59 Å². The van der Waals surface area contributed by atoms with Crippen molar-refractivity contribution in [3.63, 3.8) is 0 Å². The predicted molar refractivity (Wildman–Crippen MR) is 130 cm³/mol. The summed E-state index contributed by atoms with van der Waals surface area (Å²) in [6.07, 6.45) is 0. The van der Waals surface area contributed by atoms with E-state index in [0.717, 1.165) is 17.0 Å². The van der Waals surface area contributed by atoms with E-state index in [1.165, 1.54) is 7.11 Å². The van der Waals surface area contributed by atoms with Gasteiger partial charge in [-0.05, 0) is 43.7 Å². The average Bonchev–Trinajstić information content (AvgIpc) is 3.20. The molecule has 2 heterocycles. The maximum Gasteiger partial charge on any atom is 0.327 e. The molecule has 1 saturated heterocycles. The maximum absolute atomic E-state index is 13.2. The summed E-state index contributed by atoms with van der Waals surface area (Å²) >= 11 is 6.37. The molecule has 0 aliphatic carbocycles. The molecule has 8 nitrogen and oxygen atoms in total. The Morgan fingerprint density at radius 1 is 1.09 bits per heavy atom. The van der Waals surface area contributed by atoms with E-state index < -0.39 is 6.04 Å². The highest BCUT2D eigenvalue weighted by atomic mass is 35.5. The number of hydrogen-bond acceptors (Lipinski definition) is 7. The topological polar surface area (TPSA) is 85.1 Å². The minimum absolute atomic E-state index is 0.0835. The van der Waals surface area contributed by atoms with Gasteiger partial charge in [-0.2, -0.15) is 0 Å². The van der Waals surface area contributed by atoms with Gasteiger partial charge in [0.1, 0.15) is 24.2 Å². The third-order valence-corrected chi connectivity index (χ3v) is 6.58. The number of esters is 1. The maximum atomic E-state index is 13.2. The van der Waals surface area contributed by atoms with Crippen LogP contribution in [0.2, 0.25) is 5.02 Å². The molecule has 1 fully saturated rings. The Morgan fingerprint density at radius 3 is 2.49 bits per heavy atom. The van der Waals surface area contributed by atoms with Crippen LogP contribution in [0.3, 0.4) is 0 Å². The molecule has 1 atom stereocenters. The Balaban J connectivity index is 1.41. The van der Waals surface area contributed by atoms with Crippen molar-refractivity contribution in [1.82, 2.24) is 15.0 Å². The molecule has 184 valence electrons. The molecule has 0 radical (unpaired) electrons. The molecule has 0 bridgehead atoms. The lowest BCUT2D eigenvalue weighted by atomic mass is 10.0. The first-order valence-electron chi connectivity index (χ1n) is 11.4. The average molecular weight is 498 g/mol. The number of ether oxygens (including phenoxy) is 2. The second kappa shape index (κ2) is 10.9. The van der Waals surface area contributed by atoms with Gasteiger partial charge in [0.25, 0.3) is 5.91 Å². The van der Waals surface area contributed by atoms with Gasteiger partial charge in [-0.1, -0.05) is 41.0 Å². The lowest BCUT2D eigenvalue weighted by Gasteiger charge is -2.38. The molecule has 1 aliphatic rings. The van der Waals surface area contributed by atoms with Crippen LogP contribution in [0.5, 0.6) is 5.75 Å². The van der Waals surface area contributed by atoms with Crippen molar-refractivity contribution in [2.45, 2.75) is 26.5 Å². The van der Waals surface area contributed by atoms with Crippen LogP contribution in [0, 0.1) is 13.8 Å². The van der Waals surface area contributed by atoms with E-state index in [2.05, 4.69) is 5.16 Å². The Labute approximate surface area is 209 Å². The number of hydrogen-bond donors (Lipinski definition) is 0. The van der Waals surface area contributed by atoms with Gasteiger partial charge in [0, 0.05) is 36.8 Å². The molecular weight excluding hydrogens is 470 g/mol. The summed E-state index contributed by atoms with van der Waals surface area (Å²) in [7, 11) is 1.37. The highest BCUT2D eigenvalue weighted by molar-refractivity contribution is 6.31. The lowest BCUT2D eigenvalue weighted by Crippen LogP contribution is -2.51. The molecule has 2 aromatic carbocycles. The summed E-state index contributed by atoms with van der Waals surface area (Å²) in [5, 5.41) is 4.45. The molecule has 9 heteroatoms. The van der Waals surface area contributed by atoms with Gasteiger partial charge in [0.15, 0.2) is 0 Å². The van der Waals surface area contributed by atoms with Gasteiger partial charge in [0.05, 0.1) is 18.4 Å². The van der Waals surface area contributed by atoms with Crippen molar-refractivity contribution in [2.24, 2.45) is 0 Å². The molecule has 1 aliphatic heterocycles. The van der Waals surface area contributed by atoms with Crippen molar-refractivity contribution >= 4 is 23.5 Å². The molecule has 0 spiro atoms. The zero-order valence-corrected chi connectivity index (χ0v) is 20.7. The summed E-state index contributed by atoms with van der Waals surface area (Å²) in [4.78, 5) is 29.6. The largest absolute Gasteiger partial charge is 0.489 e. The Kier molecular flexibility index (Phi) is 7.73. The first-order chi connectivity index (χ1) is 16.9. The fraction of sp³-hybridized carbons (Fsp3) is 0.346. The number of nitrogens with zero attached hydrogens (tertiary/aromatic N) is 3. The number of carbonyl (C=O) groups excluding carboxylic acids is 2. The number of halogens is 1. The van der Waals surface area contributed by atoms with Crippen molar-refractivity contribution in [3.05, 3.63) is 81.7 Å². The lowest BCUT2D eigenvalue weighted by molar-refractivity contribution is -0.148. The SMILES string of the molecule is COC(=O)C(c1ccccc1Cl)N1CCN(C(=O)c2cccc(OCc3c(C)noc3C)c2)CC1. The fourth-order valence-corrected chi connectivity index (χ4v) is 4.47. The standard InChI is InChI=1S/C26H28ClN3O5/c1-17-22(18(2)35-28-17)16-34-20-8-6-7-19(15-20)25(31)30-13-11-29(12-14-30)24(26(32)33-3)21-9-4-5-10-23(21)27/h4-10,15,24H,11-14,16H2,1-3H3. The minimum atomic E-state index is -0.619. The van der Waals surface area contributed by atoms with Crippen LogP contribution in [0.25, 0.3) is 0 Å². The highest BCUT2D eigenvalue weighted by Crippen LogP contribution is 2.30. The number of carbonyl (C=O) groups is 2. The first-order valence-corrected chi connectivity index (χ1v) is 11.8. The second-order valence-electron chi connectivity index (χ2n) is 8.39. The number of benzene rings is 2. The summed E-state index contributed by atoms with van der Waals surface area (Å²) in [5.74, 6) is 0.856. The van der Waals surface area contributed by atoms with Crippen molar-refractivity contribution in [2.75, 3.05) is 33.3 Å². The van der Waals surface area contributed by atoms with Crippen LogP contribution in [0.15, 0.2) is 53.1 Å². The van der Waals surface area contributed by atoms with Gasteiger partial charge in [-0.3, -0.25) is 9.69 Å². The van der Waals surface area contributed by atoms with Crippen LogP contribution >= 0.6 is 11.6 Å². The molecule has 1 amide bonds. The highest BCUT2D eigenvalue weighted by Gasteiger charge is 2.33. The van der Waals surface area contributed by atoms with E-state index in [1.54, 1.807) is 29.2 Å². The number of aryl methyl sites for hydroxylation is 2. The monoisotopic (exact) mass is 497 g/mol. The van der Waals surface area contributed by atoms with Gasteiger partial charge in [0.2, 0.25) is 0 Å². The van der Waals surface area contributed by atoms with Crippen LogP contribution in [-0.4, -0.2) is 60.1 Å². The Hall–Kier alpha value is -3.36. The van der Waals surface area contributed by atoms with E-state index in [-0.39, 0.29) is 11.9 Å². The number of amides is 1. The predicted octanol–water partition coefficient (Wildman–Crippen LogP) is 4.20. The molecular formula is C26H28ClN3O5. The van der Waals surface area contributed by atoms with Gasteiger partial charge in [-0.15, -0.1) is 0 Å². The molecule has 0 saturated carbocycles. The smallest absolute Gasteiger partial charge is 0.327 e. The summed E-state index contributed by atoms with van der Waals surface area (Å²) in [5.41, 5.74) is 2.93. The van der Waals surface area contributed by atoms with E-state index >= 15 is 0 Å². The summed E-state index contributed by atoms with van der Waals surface area (Å²) < 4.78 is 16.1. The molecule has 4 rings (SSSR count). The fourth-order valence-electron chi connectivity index (χ4n) is 4.23. The van der Waals surface area contributed by atoms with Crippen LogP contribution in [0.1, 0.15) is 39.0 Å². The van der Waals surface area contributed by atoms with Crippen LogP contribution in [0.4, 0.5) is 0 Å². The van der Waals surface area contributed by atoms with Crippen molar-refractivity contribution in [1.29, 1.82) is 0 Å². The minimum Gasteiger partial charge on any atom is -0.489 e. The Bertz CT molecular complexity index is 1180. The Morgan fingerprint density at radius 2 is 1.83 bits per heavy atom. The normalized spacial score (nSPS) is 15.0. The van der Waals surface area contributed by atoms with E-state index in [4.69, 9.17) is 25.6 Å². The van der Waals surface area contributed by atoms with Crippen LogP contribution < -0.4 is 4.74 Å². The van der Waals surface area contributed by atoms with E-state index in [1.807, 2.05) is 43.0 Å². The van der Waals surface area contributed by atoms with Gasteiger partial charge in [-0.25, -0.2) is 4.79 Å². The van der Waals surface area contributed by atoms with E-state index in [0.29, 0.717) is 54.7 Å². The summed E-state index contributed by atoms with van der Waals surface area (Å²) in [6.45, 7) is 5.99. The van der Waals surface area contributed by atoms with Crippen molar-refractivity contribution < 1.29 is 23.6 Å². The molecule has 0 N–H and O–H groups in total.